The summed E-state index contributed by atoms with van der Waals surface area (Å²) in [6.45, 7) is 7.45. The van der Waals surface area contributed by atoms with Crippen LogP contribution in [-0.2, 0) is 25.6 Å². The Morgan fingerprint density at radius 1 is 1.44 bits per heavy atom. The summed E-state index contributed by atoms with van der Waals surface area (Å²) in [5.74, 6) is -0.799. The Balaban J connectivity index is 1.79. The van der Waals surface area contributed by atoms with Crippen LogP contribution in [0.5, 0.6) is 0 Å². The van der Waals surface area contributed by atoms with Crippen LogP contribution in [0.3, 0.4) is 0 Å². The van der Waals surface area contributed by atoms with Gasteiger partial charge in [-0.3, -0.25) is 0 Å². The van der Waals surface area contributed by atoms with E-state index in [1.54, 1.807) is 13.8 Å². The fourth-order valence-corrected chi connectivity index (χ4v) is 3.41. The lowest BCUT2D eigenvalue weighted by Crippen LogP contribution is -2.43. The topological polar surface area (TPSA) is 80.9 Å². The molecule has 0 amide bonds. The molecule has 0 saturated carbocycles. The first-order valence-electron chi connectivity index (χ1n) is 7.95. The van der Waals surface area contributed by atoms with Crippen molar-refractivity contribution in [3.8, 4) is 6.07 Å². The molecule has 25 heavy (non-hydrogen) atoms. The van der Waals surface area contributed by atoms with Gasteiger partial charge in [-0.15, -0.1) is 0 Å². The third-order valence-corrected chi connectivity index (χ3v) is 5.00. The van der Waals surface area contributed by atoms with E-state index >= 15 is 0 Å². The Morgan fingerprint density at radius 3 is 2.84 bits per heavy atom. The van der Waals surface area contributed by atoms with Crippen molar-refractivity contribution in [3.05, 3.63) is 46.5 Å². The lowest BCUT2D eigenvalue weighted by atomic mass is 10.0. The number of aliphatic hydroxyl groups is 1. The minimum absolute atomic E-state index is 0.0127. The lowest BCUT2D eigenvalue weighted by molar-refractivity contribution is -0.227. The van der Waals surface area contributed by atoms with Crippen molar-refractivity contribution in [2.24, 2.45) is 0 Å². The van der Waals surface area contributed by atoms with Gasteiger partial charge >= 0.3 is 0 Å². The van der Waals surface area contributed by atoms with Crippen LogP contribution in [0.15, 0.2) is 40.9 Å². The molecule has 2 aliphatic rings. The van der Waals surface area contributed by atoms with Crippen molar-refractivity contribution in [1.29, 1.82) is 5.26 Å². The summed E-state index contributed by atoms with van der Waals surface area (Å²) in [4.78, 5) is 0. The summed E-state index contributed by atoms with van der Waals surface area (Å²) < 4.78 is 24.4. The first-order chi connectivity index (χ1) is 11.8. The monoisotopic (exact) mass is 409 g/mol. The van der Waals surface area contributed by atoms with E-state index in [-0.39, 0.29) is 5.57 Å². The Morgan fingerprint density at radius 2 is 2.16 bits per heavy atom. The van der Waals surface area contributed by atoms with Crippen molar-refractivity contribution in [1.82, 2.24) is 0 Å². The van der Waals surface area contributed by atoms with Gasteiger partial charge in [-0.05, 0) is 25.5 Å². The van der Waals surface area contributed by atoms with Crippen LogP contribution in [0, 0.1) is 11.3 Å². The van der Waals surface area contributed by atoms with Crippen molar-refractivity contribution < 1.29 is 24.1 Å². The number of rotatable bonds is 5. The zero-order chi connectivity index (χ0) is 18.2. The van der Waals surface area contributed by atoms with Gasteiger partial charge in [-0.25, -0.2) is 0 Å². The van der Waals surface area contributed by atoms with Crippen molar-refractivity contribution in [2.45, 2.75) is 56.9 Å². The third-order valence-electron chi connectivity index (χ3n) is 4.23. The fraction of sp³-hybridized carbons (Fsp3) is 0.500. The van der Waals surface area contributed by atoms with Gasteiger partial charge in [0.05, 0.1) is 18.2 Å². The third kappa shape index (κ3) is 3.80. The van der Waals surface area contributed by atoms with Gasteiger partial charge in [0.2, 0.25) is 0 Å². The number of nitrogens with zero attached hydrogens (tertiary/aromatic N) is 1. The van der Waals surface area contributed by atoms with Crippen LogP contribution in [-0.4, -0.2) is 41.6 Å². The predicted octanol–water partition coefficient (Wildman–Crippen LogP) is 2.65. The zero-order valence-corrected chi connectivity index (χ0v) is 15.6. The average molecular weight is 410 g/mol. The molecule has 2 aliphatic heterocycles. The second kappa shape index (κ2) is 7.16. The predicted molar refractivity (Wildman–Crippen MR) is 92.2 cm³/mol. The van der Waals surface area contributed by atoms with Gasteiger partial charge in [-0.1, -0.05) is 40.7 Å². The molecule has 2 saturated heterocycles. The highest BCUT2D eigenvalue weighted by Gasteiger charge is 2.57. The van der Waals surface area contributed by atoms with Gasteiger partial charge in [0.1, 0.15) is 24.4 Å². The normalized spacial score (nSPS) is 31.3. The van der Waals surface area contributed by atoms with E-state index in [0.29, 0.717) is 6.61 Å². The van der Waals surface area contributed by atoms with E-state index in [0.717, 1.165) is 10.0 Å². The summed E-state index contributed by atoms with van der Waals surface area (Å²) in [7, 11) is 0. The minimum Gasteiger partial charge on any atom is -0.385 e. The summed E-state index contributed by atoms with van der Waals surface area (Å²) in [5.41, 5.74) is 0.968. The van der Waals surface area contributed by atoms with Crippen LogP contribution >= 0.6 is 15.9 Å². The molecule has 7 heteroatoms. The van der Waals surface area contributed by atoms with Gasteiger partial charge in [-0.2, -0.15) is 5.26 Å². The highest BCUT2D eigenvalue weighted by atomic mass is 79.9. The number of nitriles is 1. The quantitative estimate of drug-likeness (QED) is 0.752. The van der Waals surface area contributed by atoms with Crippen LogP contribution < -0.4 is 0 Å². The first kappa shape index (κ1) is 18.5. The first-order valence-corrected chi connectivity index (χ1v) is 8.75. The van der Waals surface area contributed by atoms with Crippen molar-refractivity contribution >= 4 is 15.9 Å². The molecule has 0 unspecified atom stereocenters. The number of aliphatic hydroxyl groups excluding tert-OH is 1. The molecular weight excluding hydrogens is 390 g/mol. The summed E-state index contributed by atoms with van der Waals surface area (Å²) >= 11 is 3.49. The van der Waals surface area contributed by atoms with Gasteiger partial charge in [0.15, 0.2) is 12.1 Å². The number of fused-ring (bicyclic) bond motifs is 1. The average Bonchev–Trinajstić information content (AvgIpc) is 3.04. The van der Waals surface area contributed by atoms with E-state index in [2.05, 4.69) is 22.5 Å². The number of hydrogen-bond acceptors (Lipinski definition) is 6. The molecule has 1 N–H and O–H groups in total. The summed E-state index contributed by atoms with van der Waals surface area (Å²) in [6, 6.07) is 9.56. The molecule has 2 heterocycles. The molecule has 0 radical (unpaired) electrons. The molecule has 1 aromatic rings. The molecule has 3 rings (SSSR count). The smallest absolute Gasteiger partial charge is 0.190 e. The summed E-state index contributed by atoms with van der Waals surface area (Å²) in [6.07, 6.45) is -3.73. The second-order valence-electron chi connectivity index (χ2n) is 6.52. The summed E-state index contributed by atoms with van der Waals surface area (Å²) in [5, 5.41) is 19.4. The Kier molecular flexibility index (Phi) is 5.30. The standard InChI is InChI=1S/C18H20BrNO5/c1-10(8-20)13(21)14-15(16-17(23-14)25-18(2,3)24-16)22-9-11-6-4-5-7-12(11)19/h4-7,13-17,21H,1,9H2,2-3H3/t13-,14+,15-,16+,17+/m0/s1. The van der Waals surface area contributed by atoms with Gasteiger partial charge in [0.25, 0.3) is 0 Å². The molecule has 1 aromatic carbocycles. The Hall–Kier alpha value is -1.27. The van der Waals surface area contributed by atoms with E-state index in [9.17, 15) is 5.11 Å². The number of ether oxygens (including phenoxy) is 4. The number of halogens is 1. The molecule has 0 bridgehead atoms. The van der Waals surface area contributed by atoms with Gasteiger partial charge in [0, 0.05) is 4.47 Å². The van der Waals surface area contributed by atoms with Crippen molar-refractivity contribution in [2.75, 3.05) is 0 Å². The second-order valence-corrected chi connectivity index (χ2v) is 7.37. The van der Waals surface area contributed by atoms with Crippen molar-refractivity contribution in [3.63, 3.8) is 0 Å². The van der Waals surface area contributed by atoms with Crippen LogP contribution in [0.25, 0.3) is 0 Å². The maximum absolute atomic E-state index is 10.4. The van der Waals surface area contributed by atoms with Crippen LogP contribution in [0.2, 0.25) is 0 Å². The van der Waals surface area contributed by atoms with E-state index in [4.69, 9.17) is 24.2 Å². The number of benzene rings is 1. The zero-order valence-electron chi connectivity index (χ0n) is 14.0. The van der Waals surface area contributed by atoms with Gasteiger partial charge < -0.3 is 24.1 Å². The van der Waals surface area contributed by atoms with E-state index < -0.39 is 36.5 Å². The molecule has 134 valence electrons. The largest absolute Gasteiger partial charge is 0.385 e. The maximum Gasteiger partial charge on any atom is 0.190 e. The highest BCUT2D eigenvalue weighted by Crippen LogP contribution is 2.40. The van der Waals surface area contributed by atoms with E-state index in [1.165, 1.54) is 0 Å². The molecular formula is C18H20BrNO5. The van der Waals surface area contributed by atoms with Crippen LogP contribution in [0.4, 0.5) is 0 Å². The number of hydrogen-bond donors (Lipinski definition) is 1. The molecule has 5 atom stereocenters. The fourth-order valence-electron chi connectivity index (χ4n) is 3.01. The SMILES string of the molecule is C=C(C#N)[C@H](O)[C@H]1O[C@@H]2OC(C)(C)O[C@@H]2[C@H]1OCc1ccccc1Br. The minimum atomic E-state index is -1.19. The lowest BCUT2D eigenvalue weighted by Gasteiger charge is -2.28. The van der Waals surface area contributed by atoms with Crippen LogP contribution in [0.1, 0.15) is 19.4 Å². The maximum atomic E-state index is 10.4. The molecule has 2 fully saturated rings. The molecule has 0 spiro atoms. The Labute approximate surface area is 155 Å². The molecule has 0 aliphatic carbocycles. The highest BCUT2D eigenvalue weighted by molar-refractivity contribution is 9.10. The van der Waals surface area contributed by atoms with E-state index in [1.807, 2.05) is 30.3 Å². The molecule has 0 aromatic heterocycles. The molecule has 6 nitrogen and oxygen atoms in total. The Bertz CT molecular complexity index is 701.